The van der Waals surface area contributed by atoms with Gasteiger partial charge in [0, 0.05) is 0 Å². The van der Waals surface area contributed by atoms with Gasteiger partial charge in [-0.2, -0.15) is 0 Å². The maximum Gasteiger partial charge on any atom is 0.119 e. The molecule has 0 aromatic heterocycles. The van der Waals surface area contributed by atoms with Crippen molar-refractivity contribution < 1.29 is 20.1 Å². The number of rotatable bonds is 3. The van der Waals surface area contributed by atoms with Gasteiger partial charge in [0.2, 0.25) is 0 Å². The first-order valence-electron chi connectivity index (χ1n) is 5.22. The lowest BCUT2D eigenvalue weighted by Gasteiger charge is -2.44. The van der Waals surface area contributed by atoms with E-state index in [0.717, 1.165) is 12.8 Å². The predicted octanol–water partition coefficient (Wildman–Crippen LogP) is 0.0482. The molecule has 3 N–H and O–H groups in total. The molecule has 84 valence electrons. The van der Waals surface area contributed by atoms with Crippen LogP contribution in [0.2, 0.25) is 0 Å². The highest BCUT2D eigenvalue weighted by molar-refractivity contribution is 4.98. The van der Waals surface area contributed by atoms with Crippen molar-refractivity contribution in [2.45, 2.75) is 57.0 Å². The van der Waals surface area contributed by atoms with Crippen LogP contribution in [-0.4, -0.2) is 45.8 Å². The molecule has 0 amide bonds. The van der Waals surface area contributed by atoms with Crippen LogP contribution in [0.1, 0.15) is 33.1 Å². The molecule has 1 saturated heterocycles. The van der Waals surface area contributed by atoms with Crippen molar-refractivity contribution in [2.24, 2.45) is 0 Å². The Morgan fingerprint density at radius 2 is 2.07 bits per heavy atom. The molecule has 14 heavy (non-hydrogen) atoms. The van der Waals surface area contributed by atoms with Gasteiger partial charge in [0.1, 0.15) is 17.8 Å². The summed E-state index contributed by atoms with van der Waals surface area (Å²) >= 11 is 0. The van der Waals surface area contributed by atoms with Gasteiger partial charge in [-0.25, -0.2) is 0 Å². The van der Waals surface area contributed by atoms with Crippen LogP contribution in [0.25, 0.3) is 0 Å². The van der Waals surface area contributed by atoms with Crippen LogP contribution in [0.3, 0.4) is 0 Å². The van der Waals surface area contributed by atoms with Gasteiger partial charge in [-0.1, -0.05) is 19.8 Å². The standard InChI is InChI=1S/C10H20O4/c1-3-4-5-10(13)7(2)14-6-8(11)9(10)12/h7-9,11-13H,3-6H2,1-2H3/t7?,8?,9?,10-/m1/s1. The molecule has 0 bridgehead atoms. The van der Waals surface area contributed by atoms with Gasteiger partial charge in [-0.05, 0) is 13.3 Å². The molecular weight excluding hydrogens is 184 g/mol. The van der Waals surface area contributed by atoms with Crippen LogP contribution in [0.5, 0.6) is 0 Å². The molecule has 4 heteroatoms. The van der Waals surface area contributed by atoms with E-state index in [1.807, 2.05) is 6.92 Å². The van der Waals surface area contributed by atoms with E-state index >= 15 is 0 Å². The van der Waals surface area contributed by atoms with Crippen molar-refractivity contribution in [1.82, 2.24) is 0 Å². The summed E-state index contributed by atoms with van der Waals surface area (Å²) in [5.74, 6) is 0. The Kier molecular flexibility index (Phi) is 3.89. The maximum absolute atomic E-state index is 10.2. The van der Waals surface area contributed by atoms with Crippen LogP contribution >= 0.6 is 0 Å². The summed E-state index contributed by atoms with van der Waals surface area (Å²) in [6, 6.07) is 0. The highest BCUT2D eigenvalue weighted by Crippen LogP contribution is 2.30. The van der Waals surface area contributed by atoms with Gasteiger partial charge in [0.15, 0.2) is 0 Å². The van der Waals surface area contributed by atoms with Crippen molar-refractivity contribution in [3.63, 3.8) is 0 Å². The molecule has 1 fully saturated rings. The van der Waals surface area contributed by atoms with E-state index in [2.05, 4.69) is 0 Å². The molecule has 4 nitrogen and oxygen atoms in total. The van der Waals surface area contributed by atoms with Crippen molar-refractivity contribution in [1.29, 1.82) is 0 Å². The number of ether oxygens (including phenoxy) is 1. The number of unbranched alkanes of at least 4 members (excludes halogenated alkanes) is 1. The largest absolute Gasteiger partial charge is 0.388 e. The topological polar surface area (TPSA) is 69.9 Å². The average Bonchev–Trinajstić information content (AvgIpc) is 2.18. The van der Waals surface area contributed by atoms with Gasteiger partial charge in [0.05, 0.1) is 12.7 Å². The molecule has 0 radical (unpaired) electrons. The van der Waals surface area contributed by atoms with Gasteiger partial charge >= 0.3 is 0 Å². The van der Waals surface area contributed by atoms with E-state index in [1.165, 1.54) is 0 Å². The minimum atomic E-state index is -1.30. The first-order chi connectivity index (χ1) is 6.52. The Morgan fingerprint density at radius 3 is 2.64 bits per heavy atom. The number of aliphatic hydroxyl groups excluding tert-OH is 2. The molecule has 0 saturated carbocycles. The zero-order chi connectivity index (χ0) is 10.8. The van der Waals surface area contributed by atoms with Crippen molar-refractivity contribution in [3.05, 3.63) is 0 Å². The second-order valence-electron chi connectivity index (χ2n) is 4.08. The fourth-order valence-electron chi connectivity index (χ4n) is 1.86. The zero-order valence-corrected chi connectivity index (χ0v) is 8.81. The van der Waals surface area contributed by atoms with Gasteiger partial charge in [-0.3, -0.25) is 0 Å². The highest BCUT2D eigenvalue weighted by Gasteiger charge is 2.48. The van der Waals surface area contributed by atoms with Gasteiger partial charge in [-0.15, -0.1) is 0 Å². The third-order valence-corrected chi connectivity index (χ3v) is 3.03. The van der Waals surface area contributed by atoms with E-state index < -0.39 is 23.9 Å². The normalized spacial score (nSPS) is 43.9. The molecule has 0 aromatic rings. The summed E-state index contributed by atoms with van der Waals surface area (Å²) in [4.78, 5) is 0. The second kappa shape index (κ2) is 4.57. The van der Waals surface area contributed by atoms with Crippen LogP contribution in [0.4, 0.5) is 0 Å². The Labute approximate surface area is 84.5 Å². The minimum absolute atomic E-state index is 0.0940. The van der Waals surface area contributed by atoms with Crippen molar-refractivity contribution in [3.8, 4) is 0 Å². The van der Waals surface area contributed by atoms with E-state index in [9.17, 15) is 15.3 Å². The predicted molar refractivity (Wildman–Crippen MR) is 51.9 cm³/mol. The molecule has 1 aliphatic heterocycles. The fraction of sp³-hybridized carbons (Fsp3) is 1.00. The summed E-state index contributed by atoms with van der Waals surface area (Å²) in [5.41, 5.74) is -1.30. The third-order valence-electron chi connectivity index (χ3n) is 3.03. The summed E-state index contributed by atoms with van der Waals surface area (Å²) in [6.45, 7) is 3.84. The fourth-order valence-corrected chi connectivity index (χ4v) is 1.86. The summed E-state index contributed by atoms with van der Waals surface area (Å²) < 4.78 is 5.21. The molecule has 0 aromatic carbocycles. The van der Waals surface area contributed by atoms with Crippen molar-refractivity contribution >= 4 is 0 Å². The monoisotopic (exact) mass is 204 g/mol. The molecule has 0 aliphatic carbocycles. The van der Waals surface area contributed by atoms with Crippen LogP contribution < -0.4 is 0 Å². The van der Waals surface area contributed by atoms with Crippen molar-refractivity contribution in [2.75, 3.05) is 6.61 Å². The lowest BCUT2D eigenvalue weighted by atomic mass is 9.81. The molecular formula is C10H20O4. The SMILES string of the molecule is CCCC[C@@]1(O)C(C)OCC(O)C1O. The highest BCUT2D eigenvalue weighted by atomic mass is 16.5. The molecule has 3 unspecified atom stereocenters. The first-order valence-corrected chi connectivity index (χ1v) is 5.22. The van der Waals surface area contributed by atoms with Crippen LogP contribution in [-0.2, 0) is 4.74 Å². The molecule has 4 atom stereocenters. The number of aliphatic hydroxyl groups is 3. The molecule has 0 spiro atoms. The van der Waals surface area contributed by atoms with Crippen LogP contribution in [0.15, 0.2) is 0 Å². The Hall–Kier alpha value is -0.160. The Bertz CT molecular complexity index is 185. The van der Waals surface area contributed by atoms with Gasteiger partial charge in [0.25, 0.3) is 0 Å². The summed E-state index contributed by atoms with van der Waals surface area (Å²) in [6.07, 6.45) is -0.285. The van der Waals surface area contributed by atoms with Crippen LogP contribution in [0, 0.1) is 0 Å². The van der Waals surface area contributed by atoms with Gasteiger partial charge < -0.3 is 20.1 Å². The maximum atomic E-state index is 10.2. The number of hydrogen-bond acceptors (Lipinski definition) is 4. The second-order valence-corrected chi connectivity index (χ2v) is 4.08. The average molecular weight is 204 g/mol. The smallest absolute Gasteiger partial charge is 0.119 e. The quantitative estimate of drug-likeness (QED) is 0.607. The Balaban J connectivity index is 2.68. The zero-order valence-electron chi connectivity index (χ0n) is 8.81. The van der Waals surface area contributed by atoms with E-state index in [4.69, 9.17) is 4.74 Å². The minimum Gasteiger partial charge on any atom is -0.388 e. The number of hydrogen-bond donors (Lipinski definition) is 3. The lowest BCUT2D eigenvalue weighted by Crippen LogP contribution is -2.61. The first kappa shape index (κ1) is 11.9. The molecule has 1 rings (SSSR count). The molecule has 1 aliphatic rings. The summed E-state index contributed by atoms with van der Waals surface area (Å²) in [5, 5.41) is 29.3. The summed E-state index contributed by atoms with van der Waals surface area (Å²) in [7, 11) is 0. The van der Waals surface area contributed by atoms with E-state index in [0.29, 0.717) is 6.42 Å². The lowest BCUT2D eigenvalue weighted by molar-refractivity contribution is -0.240. The third kappa shape index (κ3) is 2.08. The van der Waals surface area contributed by atoms with E-state index in [1.54, 1.807) is 6.92 Å². The van der Waals surface area contributed by atoms with E-state index in [-0.39, 0.29) is 6.61 Å². The Morgan fingerprint density at radius 1 is 1.43 bits per heavy atom. The molecule has 1 heterocycles.